The molecule has 1 atom stereocenters. The first-order valence-electron chi connectivity index (χ1n) is 6.83. The molecule has 21 heavy (non-hydrogen) atoms. The molecule has 1 aromatic rings. The summed E-state index contributed by atoms with van der Waals surface area (Å²) in [7, 11) is 0. The lowest BCUT2D eigenvalue weighted by atomic mass is 10.0. The maximum Gasteiger partial charge on any atom is 0.326 e. The number of carbonyl (C=O) groups excluding carboxylic acids is 1. The van der Waals surface area contributed by atoms with E-state index in [4.69, 9.17) is 10.4 Å². The summed E-state index contributed by atoms with van der Waals surface area (Å²) in [5.41, 5.74) is 1.26. The van der Waals surface area contributed by atoms with Gasteiger partial charge in [0.15, 0.2) is 0 Å². The van der Waals surface area contributed by atoms with E-state index >= 15 is 0 Å². The predicted molar refractivity (Wildman–Crippen MR) is 77.2 cm³/mol. The first-order valence-corrected chi connectivity index (χ1v) is 6.83. The lowest BCUT2D eigenvalue weighted by molar-refractivity contribution is -0.150. The average molecular weight is 284 g/mol. The molecule has 5 heteroatoms. The average Bonchev–Trinajstić information content (AvgIpc) is 2.52. The summed E-state index contributed by atoms with van der Waals surface area (Å²) in [6.07, 6.45) is 5.13. The van der Waals surface area contributed by atoms with Gasteiger partial charge in [0.05, 0.1) is 11.6 Å². The number of amides is 1. The Morgan fingerprint density at radius 2 is 2.19 bits per heavy atom. The number of hydrogen-bond acceptors (Lipinski definition) is 3. The van der Waals surface area contributed by atoms with Crippen LogP contribution in [0.3, 0.4) is 0 Å². The largest absolute Gasteiger partial charge is 0.480 e. The Morgan fingerprint density at radius 1 is 1.38 bits per heavy atom. The molecule has 1 heterocycles. The number of rotatable bonds is 3. The van der Waals surface area contributed by atoms with Crippen LogP contribution in [0.15, 0.2) is 30.3 Å². The summed E-state index contributed by atoms with van der Waals surface area (Å²) in [6.45, 7) is 0.471. The fraction of sp³-hybridized carbons (Fsp3) is 0.312. The fourth-order valence-corrected chi connectivity index (χ4v) is 2.43. The number of likely N-dealkylation sites (tertiary alicyclic amines) is 1. The zero-order valence-electron chi connectivity index (χ0n) is 11.5. The second kappa shape index (κ2) is 6.71. The van der Waals surface area contributed by atoms with Crippen molar-refractivity contribution in [2.75, 3.05) is 6.54 Å². The molecule has 1 aromatic carbocycles. The van der Waals surface area contributed by atoms with Crippen LogP contribution in [0.2, 0.25) is 0 Å². The summed E-state index contributed by atoms with van der Waals surface area (Å²) in [6, 6.07) is 8.19. The molecule has 108 valence electrons. The highest BCUT2D eigenvalue weighted by atomic mass is 16.4. The fourth-order valence-electron chi connectivity index (χ4n) is 2.43. The molecule has 0 aliphatic carbocycles. The lowest BCUT2D eigenvalue weighted by Gasteiger charge is -2.32. The first kappa shape index (κ1) is 14.8. The van der Waals surface area contributed by atoms with E-state index in [1.165, 1.54) is 11.0 Å². The first-order chi connectivity index (χ1) is 10.1. The summed E-state index contributed by atoms with van der Waals surface area (Å²) in [4.78, 5) is 24.7. The SMILES string of the molecule is N#Cc1cccc(C=CC(=O)N2CCCC[C@@H]2C(=O)O)c1. The zero-order chi connectivity index (χ0) is 15.2. The van der Waals surface area contributed by atoms with Crippen LogP contribution >= 0.6 is 0 Å². The van der Waals surface area contributed by atoms with E-state index < -0.39 is 12.0 Å². The van der Waals surface area contributed by atoms with Gasteiger partial charge in [-0.2, -0.15) is 5.26 Å². The van der Waals surface area contributed by atoms with Gasteiger partial charge in [-0.05, 0) is 43.0 Å². The van der Waals surface area contributed by atoms with Gasteiger partial charge in [-0.3, -0.25) is 4.79 Å². The zero-order valence-corrected chi connectivity index (χ0v) is 11.5. The number of piperidine rings is 1. The molecule has 0 unspecified atom stereocenters. The van der Waals surface area contributed by atoms with Crippen molar-refractivity contribution in [1.29, 1.82) is 5.26 Å². The van der Waals surface area contributed by atoms with Gasteiger partial charge in [0, 0.05) is 12.6 Å². The Bertz CT molecular complexity index is 616. The van der Waals surface area contributed by atoms with Crippen molar-refractivity contribution >= 4 is 18.0 Å². The van der Waals surface area contributed by atoms with Crippen molar-refractivity contribution in [3.8, 4) is 6.07 Å². The van der Waals surface area contributed by atoms with Crippen LogP contribution in [-0.4, -0.2) is 34.5 Å². The maximum atomic E-state index is 12.2. The van der Waals surface area contributed by atoms with Crippen LogP contribution in [0.25, 0.3) is 6.08 Å². The van der Waals surface area contributed by atoms with Crippen molar-refractivity contribution in [2.24, 2.45) is 0 Å². The van der Waals surface area contributed by atoms with E-state index in [9.17, 15) is 9.59 Å². The van der Waals surface area contributed by atoms with Crippen LogP contribution in [0.5, 0.6) is 0 Å². The molecule has 0 bridgehead atoms. The number of carboxylic acid groups (broad SMARTS) is 1. The van der Waals surface area contributed by atoms with Crippen molar-refractivity contribution < 1.29 is 14.7 Å². The molecular weight excluding hydrogens is 268 g/mol. The molecule has 1 aliphatic heterocycles. The molecule has 1 fully saturated rings. The Kier molecular flexibility index (Phi) is 4.72. The molecule has 5 nitrogen and oxygen atoms in total. The highest BCUT2D eigenvalue weighted by molar-refractivity contribution is 5.94. The molecule has 2 rings (SSSR count). The van der Waals surface area contributed by atoms with Crippen molar-refractivity contribution in [2.45, 2.75) is 25.3 Å². The predicted octanol–water partition coefficient (Wildman–Crippen LogP) is 2.04. The standard InChI is InChI=1S/C16H16N2O3/c17-11-13-5-3-4-12(10-13)7-8-15(19)18-9-2-1-6-14(18)16(20)21/h3-5,7-8,10,14H,1-2,6,9H2,(H,20,21)/t14-/m1/s1. The Labute approximate surface area is 123 Å². The van der Waals surface area contributed by atoms with E-state index in [1.807, 2.05) is 6.07 Å². The molecule has 1 saturated heterocycles. The van der Waals surface area contributed by atoms with Gasteiger partial charge in [-0.1, -0.05) is 12.1 Å². The number of carbonyl (C=O) groups is 2. The van der Waals surface area contributed by atoms with Crippen molar-refractivity contribution in [1.82, 2.24) is 4.90 Å². The Balaban J connectivity index is 2.10. The summed E-state index contributed by atoms with van der Waals surface area (Å²) in [5.74, 6) is -1.26. The van der Waals surface area contributed by atoms with Crippen LogP contribution in [-0.2, 0) is 9.59 Å². The van der Waals surface area contributed by atoms with Gasteiger partial charge in [-0.25, -0.2) is 4.79 Å². The van der Waals surface area contributed by atoms with Crippen LogP contribution < -0.4 is 0 Å². The van der Waals surface area contributed by atoms with Crippen LogP contribution in [0.1, 0.15) is 30.4 Å². The smallest absolute Gasteiger partial charge is 0.326 e. The van der Waals surface area contributed by atoms with Crippen molar-refractivity contribution in [3.63, 3.8) is 0 Å². The van der Waals surface area contributed by atoms with E-state index in [-0.39, 0.29) is 5.91 Å². The van der Waals surface area contributed by atoms with Crippen molar-refractivity contribution in [3.05, 3.63) is 41.5 Å². The topological polar surface area (TPSA) is 81.4 Å². The maximum absolute atomic E-state index is 12.2. The lowest BCUT2D eigenvalue weighted by Crippen LogP contribution is -2.47. The van der Waals surface area contributed by atoms with Gasteiger partial charge < -0.3 is 10.0 Å². The number of hydrogen-bond donors (Lipinski definition) is 1. The highest BCUT2D eigenvalue weighted by Crippen LogP contribution is 2.18. The van der Waals surface area contributed by atoms with E-state index in [2.05, 4.69) is 0 Å². The third kappa shape index (κ3) is 3.69. The van der Waals surface area contributed by atoms with Gasteiger partial charge in [-0.15, -0.1) is 0 Å². The molecule has 0 aromatic heterocycles. The van der Waals surface area contributed by atoms with Crippen LogP contribution in [0, 0.1) is 11.3 Å². The monoisotopic (exact) mass is 284 g/mol. The third-order valence-corrected chi connectivity index (χ3v) is 3.51. The van der Waals surface area contributed by atoms with Gasteiger partial charge in [0.2, 0.25) is 5.91 Å². The second-order valence-electron chi connectivity index (χ2n) is 4.95. The highest BCUT2D eigenvalue weighted by Gasteiger charge is 2.30. The minimum absolute atomic E-state index is 0.301. The minimum Gasteiger partial charge on any atom is -0.480 e. The molecule has 0 radical (unpaired) electrons. The number of nitrogens with zero attached hydrogens (tertiary/aromatic N) is 2. The quantitative estimate of drug-likeness (QED) is 0.861. The Morgan fingerprint density at radius 3 is 2.90 bits per heavy atom. The minimum atomic E-state index is -0.956. The number of benzene rings is 1. The summed E-state index contributed by atoms with van der Waals surface area (Å²) < 4.78 is 0. The molecule has 1 N–H and O–H groups in total. The van der Waals surface area contributed by atoms with Gasteiger partial charge >= 0.3 is 5.97 Å². The molecule has 0 saturated carbocycles. The molecular formula is C16H16N2O3. The van der Waals surface area contributed by atoms with Gasteiger partial charge in [0.1, 0.15) is 6.04 Å². The number of nitriles is 1. The van der Waals surface area contributed by atoms with E-state index in [0.29, 0.717) is 18.5 Å². The van der Waals surface area contributed by atoms with E-state index in [0.717, 1.165) is 18.4 Å². The molecule has 1 amide bonds. The second-order valence-corrected chi connectivity index (χ2v) is 4.95. The summed E-state index contributed by atoms with van der Waals surface area (Å²) >= 11 is 0. The third-order valence-electron chi connectivity index (χ3n) is 3.51. The summed E-state index contributed by atoms with van der Waals surface area (Å²) in [5, 5.41) is 18.0. The normalized spacial score (nSPS) is 18.4. The number of carboxylic acids is 1. The van der Waals surface area contributed by atoms with Gasteiger partial charge in [0.25, 0.3) is 0 Å². The number of aliphatic carboxylic acids is 1. The van der Waals surface area contributed by atoms with Crippen LogP contribution in [0.4, 0.5) is 0 Å². The van der Waals surface area contributed by atoms with E-state index in [1.54, 1.807) is 30.3 Å². The Hall–Kier alpha value is -2.61. The molecule has 0 spiro atoms. The molecule has 1 aliphatic rings.